The Morgan fingerprint density at radius 3 is 0.844 bits per heavy atom. The van der Waals surface area contributed by atoms with Crippen LogP contribution < -0.4 is 0 Å². The number of hydrogen-bond acceptors (Lipinski definition) is 12. The second-order valence-electron chi connectivity index (χ2n) is 33.6. The molecule has 6 aromatic heterocycles. The Bertz CT molecular complexity index is 9190. The highest BCUT2D eigenvalue weighted by Crippen LogP contribution is 2.48. The Hall–Kier alpha value is -18.4. The largest absolute Gasteiger partial charge is 0.455 e. The lowest BCUT2D eigenvalue weighted by Crippen LogP contribution is -2.00. The predicted molar refractivity (Wildman–Crippen MR) is 552 cm³/mol. The van der Waals surface area contributed by atoms with E-state index in [1.54, 1.807) is 0 Å². The molecule has 21 aromatic carbocycles. The van der Waals surface area contributed by atoms with E-state index in [0.29, 0.717) is 52.4 Å². The molecule has 0 aliphatic heterocycles. The van der Waals surface area contributed by atoms with Gasteiger partial charge in [0.15, 0.2) is 52.4 Å². The van der Waals surface area contributed by atoms with Crippen LogP contribution in [0.1, 0.15) is 0 Å². The van der Waals surface area contributed by atoms with Crippen LogP contribution in [0.3, 0.4) is 0 Å². The minimum atomic E-state index is 0.607. The van der Waals surface area contributed by atoms with E-state index in [0.717, 1.165) is 192 Å². The molecule has 0 unspecified atom stereocenters. The van der Waals surface area contributed by atoms with Crippen molar-refractivity contribution in [2.45, 2.75) is 0 Å². The van der Waals surface area contributed by atoms with Gasteiger partial charge in [-0.15, -0.1) is 0 Å². The van der Waals surface area contributed by atoms with Crippen LogP contribution in [0.25, 0.3) is 266 Å². The lowest BCUT2D eigenvalue weighted by atomic mass is 9.91. The summed E-state index contributed by atoms with van der Waals surface area (Å²) in [6, 6.07) is 156. The van der Waals surface area contributed by atoms with Gasteiger partial charge in [-0.3, -0.25) is 0 Å². The van der Waals surface area contributed by atoms with Crippen LogP contribution in [0.5, 0.6) is 0 Å². The molecule has 0 fully saturated rings. The van der Waals surface area contributed by atoms with Crippen LogP contribution in [0.15, 0.2) is 468 Å². The molecule has 12 heteroatoms. The average molecular weight is 1730 g/mol. The summed E-state index contributed by atoms with van der Waals surface area (Å²) in [4.78, 5) is 45.0. The molecule has 0 saturated heterocycles. The first-order chi connectivity index (χ1) is 66.9. The summed E-state index contributed by atoms with van der Waals surface area (Å²) in [5.74, 6) is 5.73. The highest BCUT2D eigenvalue weighted by Gasteiger charge is 2.25. The quantitative estimate of drug-likeness (QED) is 0.114. The van der Waals surface area contributed by atoms with Gasteiger partial charge in [-0.25, -0.2) is 44.9 Å². The summed E-state index contributed by atoms with van der Waals surface area (Å²) in [6.45, 7) is 0. The molecule has 0 spiro atoms. The van der Waals surface area contributed by atoms with Gasteiger partial charge in [0.05, 0.1) is 0 Å². The Kier molecular flexibility index (Phi) is 19.6. The van der Waals surface area contributed by atoms with E-state index in [-0.39, 0.29) is 0 Å². The molecule has 0 bridgehead atoms. The minimum Gasteiger partial charge on any atom is -0.455 e. The molecule has 0 aliphatic rings. The van der Waals surface area contributed by atoms with Crippen molar-refractivity contribution in [2.75, 3.05) is 0 Å². The van der Waals surface area contributed by atoms with E-state index < -0.39 is 0 Å². The molecule has 6 heterocycles. The molecular formula is C123H75N9O3. The molecule has 0 saturated carbocycles. The van der Waals surface area contributed by atoms with Crippen molar-refractivity contribution in [3.8, 4) is 136 Å². The SMILES string of the molecule is c1ccc(-c2nc(-c3ccc(-c4cccc5ccccc45)cc3)nc(-c3cccc4ccc5c6ccccc6oc5c34)n2)cc1.c1ccc(-c2nc(-c3ccccc3)nc(-c3ccc(-c4cccc5ccc6c7ccccc7oc6c45)c4ccccc34)n2)cc1.c1ccc(-c2nc(-c3ccccc3)nc(-c3ccc(-c4cccc5oc6c7ccccc7ccc6c45)c4ccccc34)n2)cc1. The smallest absolute Gasteiger partial charge is 0.164 e. The Labute approximate surface area is 774 Å². The maximum absolute atomic E-state index is 6.52. The maximum Gasteiger partial charge on any atom is 0.164 e. The van der Waals surface area contributed by atoms with Crippen LogP contribution in [0, 0.1) is 0 Å². The van der Waals surface area contributed by atoms with Gasteiger partial charge in [-0.1, -0.05) is 406 Å². The molecule has 27 aromatic rings. The lowest BCUT2D eigenvalue weighted by Gasteiger charge is -2.14. The van der Waals surface area contributed by atoms with Crippen molar-refractivity contribution < 1.29 is 13.3 Å². The number of aromatic nitrogens is 9. The fourth-order valence-electron chi connectivity index (χ4n) is 19.2. The first-order valence-electron chi connectivity index (χ1n) is 45.1. The third kappa shape index (κ3) is 14.3. The number of hydrogen-bond donors (Lipinski definition) is 0. The molecule has 0 amide bonds. The lowest BCUT2D eigenvalue weighted by molar-refractivity contribution is 0.672. The molecule has 135 heavy (non-hydrogen) atoms. The monoisotopic (exact) mass is 1730 g/mol. The Morgan fingerprint density at radius 2 is 0.393 bits per heavy atom. The first-order valence-corrected chi connectivity index (χ1v) is 45.1. The number of fused-ring (bicyclic) bond motifs is 18. The van der Waals surface area contributed by atoms with Crippen molar-refractivity contribution in [2.24, 2.45) is 0 Å². The van der Waals surface area contributed by atoms with Crippen molar-refractivity contribution in [1.29, 1.82) is 0 Å². The highest BCUT2D eigenvalue weighted by molar-refractivity contribution is 6.24. The summed E-state index contributed by atoms with van der Waals surface area (Å²) >= 11 is 0. The number of rotatable bonds is 12. The number of para-hydroxylation sites is 2. The molecule has 630 valence electrons. The van der Waals surface area contributed by atoms with Crippen LogP contribution in [0.2, 0.25) is 0 Å². The molecule has 12 nitrogen and oxygen atoms in total. The molecule has 0 atom stereocenters. The van der Waals surface area contributed by atoms with E-state index in [9.17, 15) is 0 Å². The van der Waals surface area contributed by atoms with Gasteiger partial charge in [0.1, 0.15) is 33.5 Å². The van der Waals surface area contributed by atoms with Gasteiger partial charge in [0, 0.05) is 98.5 Å². The topological polar surface area (TPSA) is 155 Å². The van der Waals surface area contributed by atoms with Gasteiger partial charge >= 0.3 is 0 Å². The summed E-state index contributed by atoms with van der Waals surface area (Å²) in [5, 5.41) is 20.1. The summed E-state index contributed by atoms with van der Waals surface area (Å²) < 4.78 is 19.5. The van der Waals surface area contributed by atoms with Gasteiger partial charge in [-0.05, 0) is 130 Å². The fourth-order valence-corrected chi connectivity index (χ4v) is 19.2. The number of nitrogens with zero attached hydrogens (tertiary/aromatic N) is 9. The second-order valence-corrected chi connectivity index (χ2v) is 33.6. The van der Waals surface area contributed by atoms with E-state index >= 15 is 0 Å². The van der Waals surface area contributed by atoms with Gasteiger partial charge in [0.25, 0.3) is 0 Å². The molecule has 0 radical (unpaired) electrons. The standard InChI is InChI=1S/3C41H25N3O/c1-3-13-27(14-4-1)39-42-40(28-15-5-2-6-16-28)44-41(43-39)34-25-24-32(30-18-9-10-19-31(30)34)33-20-11-21-36-37(33)35-23-22-26-12-7-8-17-29(26)38(35)45-36;1-3-12-27(13-4-1)39-42-40(28-14-5-2-6-15-28)44-41(43-39)35-25-24-31(29-17-7-8-18-30(29)35)33-20-11-16-26-22-23-34-32-19-9-10-21-36(32)45-38(34)37(26)33;1-2-11-29(12-3-1)39-42-40(30-22-20-27(21-23-30)32-17-8-13-26-10-4-5-15-31(26)32)44-41(43-39)35-18-9-14-28-24-25-34-33-16-6-7-19-36(33)45-38(34)37(28)35/h3*1-25H. The summed E-state index contributed by atoms with van der Waals surface area (Å²) in [5.41, 5.74) is 20.7. The van der Waals surface area contributed by atoms with E-state index in [1.807, 2.05) is 182 Å². The summed E-state index contributed by atoms with van der Waals surface area (Å²) in [7, 11) is 0. The maximum atomic E-state index is 6.52. The molecular weight excluding hydrogens is 1650 g/mol. The minimum absolute atomic E-state index is 0.607. The van der Waals surface area contributed by atoms with Gasteiger partial charge in [-0.2, -0.15) is 0 Å². The van der Waals surface area contributed by atoms with E-state index in [4.69, 9.17) is 58.1 Å². The third-order valence-corrected chi connectivity index (χ3v) is 25.6. The van der Waals surface area contributed by atoms with Crippen LogP contribution >= 0.6 is 0 Å². The van der Waals surface area contributed by atoms with Gasteiger partial charge in [0.2, 0.25) is 0 Å². The fraction of sp³-hybridized carbons (Fsp3) is 0. The Morgan fingerprint density at radius 1 is 0.119 bits per heavy atom. The molecule has 27 rings (SSSR count). The average Bonchev–Trinajstić information content (AvgIpc) is 1.68. The number of benzene rings is 21. The zero-order chi connectivity index (χ0) is 89.2. The zero-order valence-electron chi connectivity index (χ0n) is 72.6. The zero-order valence-corrected chi connectivity index (χ0v) is 72.6. The summed E-state index contributed by atoms with van der Waals surface area (Å²) in [6.07, 6.45) is 0. The van der Waals surface area contributed by atoms with Crippen molar-refractivity contribution in [3.63, 3.8) is 0 Å². The van der Waals surface area contributed by atoms with Crippen LogP contribution in [-0.4, -0.2) is 44.9 Å². The van der Waals surface area contributed by atoms with Crippen LogP contribution in [0.4, 0.5) is 0 Å². The number of furan rings is 3. The van der Waals surface area contributed by atoms with E-state index in [1.165, 1.54) is 21.7 Å². The van der Waals surface area contributed by atoms with Gasteiger partial charge < -0.3 is 13.3 Å². The molecule has 0 N–H and O–H groups in total. The normalized spacial score (nSPS) is 11.6. The van der Waals surface area contributed by atoms with Crippen molar-refractivity contribution in [3.05, 3.63) is 455 Å². The van der Waals surface area contributed by atoms with Crippen molar-refractivity contribution >= 4 is 130 Å². The molecule has 0 aliphatic carbocycles. The second kappa shape index (κ2) is 33.6. The first kappa shape index (κ1) is 78.8. The predicted octanol–water partition coefficient (Wildman–Crippen LogP) is 32.2. The van der Waals surface area contributed by atoms with Crippen LogP contribution in [-0.2, 0) is 0 Å². The highest BCUT2D eigenvalue weighted by atomic mass is 16.3. The van der Waals surface area contributed by atoms with Crippen molar-refractivity contribution in [1.82, 2.24) is 44.9 Å². The third-order valence-electron chi connectivity index (χ3n) is 25.6. The van der Waals surface area contributed by atoms with E-state index in [2.05, 4.69) is 273 Å². The Balaban J connectivity index is 0.000000108.